The second-order valence-corrected chi connectivity index (χ2v) is 10.6. The van der Waals surface area contributed by atoms with E-state index < -0.39 is 0 Å². The van der Waals surface area contributed by atoms with Gasteiger partial charge in [0.05, 0.1) is 13.2 Å². The lowest BCUT2D eigenvalue weighted by Gasteiger charge is -2.11. The Balaban J connectivity index is 2.07. The van der Waals surface area contributed by atoms with Gasteiger partial charge in [-0.3, -0.25) is 4.79 Å². The highest BCUT2D eigenvalue weighted by molar-refractivity contribution is 5.76. The molecule has 3 nitrogen and oxygen atoms in total. The second-order valence-electron chi connectivity index (χ2n) is 10.6. The highest BCUT2D eigenvalue weighted by Gasteiger charge is 2.04. The largest absolute Gasteiger partial charge is 0.493 e. The van der Waals surface area contributed by atoms with Crippen molar-refractivity contribution in [2.75, 3.05) is 13.2 Å². The van der Waals surface area contributed by atoms with E-state index in [0.29, 0.717) is 18.8 Å². The normalized spacial score (nSPS) is 11.1. The highest BCUT2D eigenvalue weighted by atomic mass is 16.5. The Bertz CT molecular complexity index is 567. The third-order valence-corrected chi connectivity index (χ3v) is 7.07. The molecule has 1 rings (SSSR count). The molecule has 3 heteroatoms. The van der Waals surface area contributed by atoms with Crippen LogP contribution in [0.4, 0.5) is 0 Å². The molecule has 0 fully saturated rings. The number of aldehydes is 1. The fraction of sp³-hybridized carbons (Fsp3) is 0.788. The molecule has 0 amide bonds. The second kappa shape index (κ2) is 25.2. The van der Waals surface area contributed by atoms with Crippen LogP contribution in [0, 0.1) is 0 Å². The number of unbranched alkanes of at least 4 members (excludes halogenated alkanes) is 20. The number of carbonyl (C=O) groups excluding carboxylic acids is 1. The molecule has 0 N–H and O–H groups in total. The SMILES string of the molecule is CCCCCCCCCCCCCOc1cc(C=O)cc(OCCCCCCCCCCCCC)c1. The molecule has 0 aromatic heterocycles. The van der Waals surface area contributed by atoms with Crippen molar-refractivity contribution < 1.29 is 14.3 Å². The number of carbonyl (C=O) groups is 1. The lowest BCUT2D eigenvalue weighted by Crippen LogP contribution is -2.01. The predicted molar refractivity (Wildman–Crippen MR) is 156 cm³/mol. The van der Waals surface area contributed by atoms with Gasteiger partial charge >= 0.3 is 0 Å². The van der Waals surface area contributed by atoms with Gasteiger partial charge < -0.3 is 9.47 Å². The maximum absolute atomic E-state index is 11.3. The Labute approximate surface area is 224 Å². The molecule has 1 aromatic carbocycles. The fourth-order valence-electron chi connectivity index (χ4n) is 4.74. The minimum atomic E-state index is 0.625. The number of benzene rings is 1. The molecular formula is C33H58O3. The molecular weight excluding hydrogens is 444 g/mol. The predicted octanol–water partition coefficient (Wildman–Crippen LogP) is 10.9. The summed E-state index contributed by atoms with van der Waals surface area (Å²) in [7, 11) is 0. The summed E-state index contributed by atoms with van der Waals surface area (Å²) in [6.07, 6.45) is 30.1. The van der Waals surface area contributed by atoms with Crippen molar-refractivity contribution in [2.24, 2.45) is 0 Å². The van der Waals surface area contributed by atoms with Gasteiger partial charge in [0.2, 0.25) is 0 Å². The van der Waals surface area contributed by atoms with Gasteiger partial charge in [-0.1, -0.05) is 142 Å². The molecule has 0 aliphatic carbocycles. The van der Waals surface area contributed by atoms with Crippen LogP contribution in [0.15, 0.2) is 18.2 Å². The molecule has 0 saturated carbocycles. The monoisotopic (exact) mass is 502 g/mol. The first-order valence-electron chi connectivity index (χ1n) is 15.7. The number of hydrogen-bond acceptors (Lipinski definition) is 3. The fourth-order valence-corrected chi connectivity index (χ4v) is 4.74. The molecule has 0 unspecified atom stereocenters. The Morgan fingerprint density at radius 2 is 0.778 bits per heavy atom. The highest BCUT2D eigenvalue weighted by Crippen LogP contribution is 2.23. The summed E-state index contributed by atoms with van der Waals surface area (Å²) in [5.41, 5.74) is 0.625. The molecule has 208 valence electrons. The summed E-state index contributed by atoms with van der Waals surface area (Å²) in [4.78, 5) is 11.3. The maximum Gasteiger partial charge on any atom is 0.150 e. The standard InChI is InChI=1S/C33H58O3/c1-3-5-7-9-11-13-15-17-19-21-23-25-35-32-27-31(30-34)28-33(29-32)36-26-24-22-20-18-16-14-12-10-8-6-4-2/h27-30H,3-26H2,1-2H3. The van der Waals surface area contributed by atoms with E-state index in [1.54, 1.807) is 0 Å². The van der Waals surface area contributed by atoms with E-state index in [1.807, 2.05) is 18.2 Å². The van der Waals surface area contributed by atoms with Crippen molar-refractivity contribution in [1.29, 1.82) is 0 Å². The maximum atomic E-state index is 11.3. The third kappa shape index (κ3) is 19.7. The summed E-state index contributed by atoms with van der Waals surface area (Å²) in [5.74, 6) is 1.50. The molecule has 0 atom stereocenters. The van der Waals surface area contributed by atoms with Crippen LogP contribution in [0.3, 0.4) is 0 Å². The average Bonchev–Trinajstić information content (AvgIpc) is 2.89. The van der Waals surface area contributed by atoms with Crippen LogP contribution in [-0.4, -0.2) is 19.5 Å². The Morgan fingerprint density at radius 1 is 0.472 bits per heavy atom. The minimum absolute atomic E-state index is 0.625. The van der Waals surface area contributed by atoms with Crippen LogP contribution in [0.25, 0.3) is 0 Å². The molecule has 1 aromatic rings. The Kier molecular flexibility index (Phi) is 22.7. The van der Waals surface area contributed by atoms with Gasteiger partial charge in [0.1, 0.15) is 17.8 Å². The zero-order chi connectivity index (χ0) is 25.9. The van der Waals surface area contributed by atoms with Gasteiger partial charge in [-0.25, -0.2) is 0 Å². The lowest BCUT2D eigenvalue weighted by atomic mass is 10.1. The summed E-state index contributed by atoms with van der Waals surface area (Å²) >= 11 is 0. The van der Waals surface area contributed by atoms with Crippen LogP contribution >= 0.6 is 0 Å². The van der Waals surface area contributed by atoms with Crippen molar-refractivity contribution in [1.82, 2.24) is 0 Å². The zero-order valence-electron chi connectivity index (χ0n) is 24.0. The third-order valence-electron chi connectivity index (χ3n) is 7.07. The summed E-state index contributed by atoms with van der Waals surface area (Å²) in [5, 5.41) is 0. The molecule has 0 bridgehead atoms. The van der Waals surface area contributed by atoms with Crippen LogP contribution in [-0.2, 0) is 0 Å². The van der Waals surface area contributed by atoms with Gasteiger partial charge in [0.25, 0.3) is 0 Å². The van der Waals surface area contributed by atoms with Crippen molar-refractivity contribution in [2.45, 2.75) is 155 Å². The topological polar surface area (TPSA) is 35.5 Å². The summed E-state index contributed by atoms with van der Waals surface area (Å²) in [6.45, 7) is 5.96. The van der Waals surface area contributed by atoms with Gasteiger partial charge in [0.15, 0.2) is 0 Å². The van der Waals surface area contributed by atoms with E-state index >= 15 is 0 Å². The molecule has 0 spiro atoms. The van der Waals surface area contributed by atoms with E-state index in [9.17, 15) is 4.79 Å². The number of ether oxygens (including phenoxy) is 2. The number of rotatable bonds is 27. The van der Waals surface area contributed by atoms with Gasteiger partial charge in [-0.2, -0.15) is 0 Å². The Hall–Kier alpha value is -1.51. The molecule has 0 heterocycles. The van der Waals surface area contributed by atoms with E-state index in [1.165, 1.54) is 128 Å². The van der Waals surface area contributed by atoms with E-state index in [2.05, 4.69) is 13.8 Å². The van der Waals surface area contributed by atoms with Crippen LogP contribution in [0.2, 0.25) is 0 Å². The summed E-state index contributed by atoms with van der Waals surface area (Å²) in [6, 6.07) is 5.57. The first kappa shape index (κ1) is 32.5. The Morgan fingerprint density at radius 3 is 1.08 bits per heavy atom. The smallest absolute Gasteiger partial charge is 0.150 e. The van der Waals surface area contributed by atoms with Crippen LogP contribution in [0.5, 0.6) is 11.5 Å². The molecule has 0 saturated heterocycles. The molecule has 36 heavy (non-hydrogen) atoms. The quantitative estimate of drug-likeness (QED) is 0.0886. The minimum Gasteiger partial charge on any atom is -0.493 e. The van der Waals surface area contributed by atoms with E-state index in [4.69, 9.17) is 9.47 Å². The van der Waals surface area contributed by atoms with Crippen LogP contribution < -0.4 is 9.47 Å². The lowest BCUT2D eigenvalue weighted by molar-refractivity contribution is 0.112. The first-order chi connectivity index (χ1) is 17.8. The van der Waals surface area contributed by atoms with E-state index in [-0.39, 0.29) is 0 Å². The van der Waals surface area contributed by atoms with Crippen LogP contribution in [0.1, 0.15) is 165 Å². The van der Waals surface area contributed by atoms with Crippen molar-refractivity contribution in [3.63, 3.8) is 0 Å². The number of hydrogen-bond donors (Lipinski definition) is 0. The van der Waals surface area contributed by atoms with Crippen molar-refractivity contribution in [3.8, 4) is 11.5 Å². The van der Waals surface area contributed by atoms with Gasteiger partial charge in [0, 0.05) is 11.6 Å². The average molecular weight is 503 g/mol. The van der Waals surface area contributed by atoms with Gasteiger partial charge in [-0.15, -0.1) is 0 Å². The molecule has 0 aliphatic heterocycles. The first-order valence-corrected chi connectivity index (χ1v) is 15.7. The van der Waals surface area contributed by atoms with E-state index in [0.717, 1.165) is 30.6 Å². The summed E-state index contributed by atoms with van der Waals surface area (Å²) < 4.78 is 11.9. The van der Waals surface area contributed by atoms with Gasteiger partial charge in [-0.05, 0) is 25.0 Å². The molecule has 0 aliphatic rings. The molecule has 0 radical (unpaired) electrons. The van der Waals surface area contributed by atoms with Crippen molar-refractivity contribution in [3.05, 3.63) is 23.8 Å². The van der Waals surface area contributed by atoms with Crippen molar-refractivity contribution >= 4 is 6.29 Å². The zero-order valence-corrected chi connectivity index (χ0v) is 24.0.